The lowest BCUT2D eigenvalue weighted by Crippen LogP contribution is -2.37. The van der Waals surface area contributed by atoms with Crippen LogP contribution >= 0.6 is 0 Å². The molecular formula is C15H24O3. The van der Waals surface area contributed by atoms with Crippen LogP contribution in [0.3, 0.4) is 0 Å². The zero-order valence-corrected chi connectivity index (χ0v) is 11.3. The molecule has 0 spiro atoms. The van der Waals surface area contributed by atoms with Gasteiger partial charge in [0.25, 0.3) is 0 Å². The van der Waals surface area contributed by atoms with Crippen LogP contribution in [0.1, 0.15) is 51.9 Å². The third-order valence-electron chi connectivity index (χ3n) is 4.04. The predicted molar refractivity (Wildman–Crippen MR) is 69.9 cm³/mol. The summed E-state index contributed by atoms with van der Waals surface area (Å²) in [6, 6.07) is 0. The van der Waals surface area contributed by atoms with Gasteiger partial charge in [0.1, 0.15) is 12.2 Å². The third kappa shape index (κ3) is 3.71. The maximum absolute atomic E-state index is 10.4. The Balaban J connectivity index is 1.76. The minimum Gasteiger partial charge on any atom is -0.377 e. The second kappa shape index (κ2) is 6.56. The lowest BCUT2D eigenvalue weighted by atomic mass is 9.77. The van der Waals surface area contributed by atoms with E-state index in [2.05, 4.69) is 18.8 Å². The van der Waals surface area contributed by atoms with Crippen LogP contribution in [0.25, 0.3) is 0 Å². The highest BCUT2D eigenvalue weighted by molar-refractivity contribution is 5.16. The Bertz CT molecular complexity index is 311. The highest BCUT2D eigenvalue weighted by Gasteiger charge is 2.34. The fourth-order valence-corrected chi connectivity index (χ4v) is 2.68. The van der Waals surface area contributed by atoms with Crippen molar-refractivity contribution in [2.45, 2.75) is 63.8 Å². The van der Waals surface area contributed by atoms with Crippen LogP contribution in [0.2, 0.25) is 0 Å². The smallest absolute Gasteiger partial charge is 0.158 e. The van der Waals surface area contributed by atoms with Crippen molar-refractivity contribution >= 4 is 0 Å². The number of hydrogen-bond donors (Lipinski definition) is 1. The molecule has 3 unspecified atom stereocenters. The molecule has 1 saturated carbocycles. The average Bonchev–Trinajstić information content (AvgIpc) is 2.40. The maximum atomic E-state index is 10.4. The van der Waals surface area contributed by atoms with Gasteiger partial charge >= 0.3 is 0 Å². The Morgan fingerprint density at radius 1 is 1.28 bits per heavy atom. The molecule has 2 rings (SSSR count). The molecule has 1 aliphatic heterocycles. The van der Waals surface area contributed by atoms with Crippen molar-refractivity contribution in [3.63, 3.8) is 0 Å². The van der Waals surface area contributed by atoms with Crippen LogP contribution in [0.4, 0.5) is 0 Å². The van der Waals surface area contributed by atoms with E-state index < -0.39 is 5.60 Å². The first-order valence-corrected chi connectivity index (χ1v) is 7.16. The highest BCUT2D eigenvalue weighted by Crippen LogP contribution is 2.32. The van der Waals surface area contributed by atoms with E-state index in [4.69, 9.17) is 9.47 Å². The Morgan fingerprint density at radius 3 is 2.83 bits per heavy atom. The molecule has 102 valence electrons. The summed E-state index contributed by atoms with van der Waals surface area (Å²) in [5.41, 5.74) is -0.797. The first-order chi connectivity index (χ1) is 8.71. The van der Waals surface area contributed by atoms with E-state index in [1.54, 1.807) is 0 Å². The molecule has 0 aromatic rings. The van der Waals surface area contributed by atoms with E-state index in [0.29, 0.717) is 6.61 Å². The molecular weight excluding hydrogens is 228 g/mol. The van der Waals surface area contributed by atoms with Crippen molar-refractivity contribution in [1.82, 2.24) is 0 Å². The van der Waals surface area contributed by atoms with Gasteiger partial charge in [0, 0.05) is 6.61 Å². The summed E-state index contributed by atoms with van der Waals surface area (Å²) in [5, 5.41) is 10.4. The molecule has 18 heavy (non-hydrogen) atoms. The van der Waals surface area contributed by atoms with Gasteiger partial charge in [0.05, 0.1) is 0 Å². The van der Waals surface area contributed by atoms with E-state index in [-0.39, 0.29) is 12.2 Å². The summed E-state index contributed by atoms with van der Waals surface area (Å²) < 4.78 is 11.0. The van der Waals surface area contributed by atoms with Gasteiger partial charge in [-0.25, -0.2) is 0 Å². The van der Waals surface area contributed by atoms with Crippen LogP contribution in [0.15, 0.2) is 0 Å². The second-order valence-corrected chi connectivity index (χ2v) is 5.48. The van der Waals surface area contributed by atoms with Gasteiger partial charge in [-0.15, -0.1) is 0 Å². The average molecular weight is 252 g/mol. The molecule has 0 aromatic carbocycles. The lowest BCUT2D eigenvalue weighted by molar-refractivity contribution is -0.154. The standard InChI is InChI=1S/C15H24O3/c1-13-7-2-4-9-15(13,16)10-6-12-18-14-8-3-5-11-17-14/h13-14,16H,2-5,7-9,11-12H2,1H3. The fourth-order valence-electron chi connectivity index (χ4n) is 2.68. The van der Waals surface area contributed by atoms with Crippen molar-refractivity contribution in [2.24, 2.45) is 5.92 Å². The van der Waals surface area contributed by atoms with Gasteiger partial charge in [-0.05, 0) is 44.4 Å². The molecule has 3 nitrogen and oxygen atoms in total. The van der Waals surface area contributed by atoms with Crippen molar-refractivity contribution in [3.05, 3.63) is 0 Å². The zero-order chi connectivity index (χ0) is 12.8. The molecule has 3 atom stereocenters. The van der Waals surface area contributed by atoms with Gasteiger partial charge in [0.2, 0.25) is 0 Å². The van der Waals surface area contributed by atoms with Gasteiger partial charge in [-0.3, -0.25) is 0 Å². The first-order valence-electron chi connectivity index (χ1n) is 7.16. The molecule has 1 heterocycles. The van der Waals surface area contributed by atoms with E-state index in [0.717, 1.165) is 38.7 Å². The summed E-state index contributed by atoms with van der Waals surface area (Å²) in [6.07, 6.45) is 7.30. The summed E-state index contributed by atoms with van der Waals surface area (Å²) in [4.78, 5) is 0. The first kappa shape index (κ1) is 13.9. The van der Waals surface area contributed by atoms with Crippen LogP contribution in [-0.2, 0) is 9.47 Å². The Hall–Kier alpha value is -0.560. The van der Waals surface area contributed by atoms with Crippen molar-refractivity contribution in [3.8, 4) is 11.8 Å². The van der Waals surface area contributed by atoms with Gasteiger partial charge in [0.15, 0.2) is 6.29 Å². The predicted octanol–water partition coefficient (Wildman–Crippen LogP) is 2.47. The lowest BCUT2D eigenvalue weighted by Gasteiger charge is -2.33. The monoisotopic (exact) mass is 252 g/mol. The number of aliphatic hydroxyl groups is 1. The van der Waals surface area contributed by atoms with Gasteiger partial charge in [-0.2, -0.15) is 0 Å². The molecule has 0 bridgehead atoms. The summed E-state index contributed by atoms with van der Waals surface area (Å²) >= 11 is 0. The van der Waals surface area contributed by atoms with Crippen LogP contribution in [0, 0.1) is 17.8 Å². The third-order valence-corrected chi connectivity index (χ3v) is 4.04. The molecule has 0 radical (unpaired) electrons. The Kier molecular flexibility index (Phi) is 5.05. The minimum atomic E-state index is -0.797. The quantitative estimate of drug-likeness (QED) is 0.767. The molecule has 1 saturated heterocycles. The van der Waals surface area contributed by atoms with Crippen LogP contribution < -0.4 is 0 Å². The zero-order valence-electron chi connectivity index (χ0n) is 11.3. The molecule has 2 aliphatic rings. The summed E-state index contributed by atoms with van der Waals surface area (Å²) in [6.45, 7) is 3.23. The molecule has 0 amide bonds. The topological polar surface area (TPSA) is 38.7 Å². The molecule has 3 heteroatoms. The summed E-state index contributed by atoms with van der Waals surface area (Å²) in [5.74, 6) is 6.25. The Morgan fingerprint density at radius 2 is 2.11 bits per heavy atom. The van der Waals surface area contributed by atoms with E-state index in [1.165, 1.54) is 12.8 Å². The van der Waals surface area contributed by atoms with E-state index in [9.17, 15) is 5.11 Å². The fraction of sp³-hybridized carbons (Fsp3) is 0.867. The normalized spacial score (nSPS) is 36.8. The Labute approximate surface area is 110 Å². The SMILES string of the molecule is CC1CCCCC1(O)C#CCOC1CCCCO1. The second-order valence-electron chi connectivity index (χ2n) is 5.48. The number of hydrogen-bond acceptors (Lipinski definition) is 3. The van der Waals surface area contributed by atoms with Crippen LogP contribution in [0.5, 0.6) is 0 Å². The van der Waals surface area contributed by atoms with Crippen molar-refractivity contribution < 1.29 is 14.6 Å². The van der Waals surface area contributed by atoms with Gasteiger partial charge < -0.3 is 14.6 Å². The highest BCUT2D eigenvalue weighted by atomic mass is 16.7. The molecule has 2 fully saturated rings. The molecule has 0 aromatic heterocycles. The van der Waals surface area contributed by atoms with Gasteiger partial charge in [-0.1, -0.05) is 25.2 Å². The summed E-state index contributed by atoms with van der Waals surface area (Å²) in [7, 11) is 0. The van der Waals surface area contributed by atoms with Crippen LogP contribution in [-0.4, -0.2) is 30.2 Å². The molecule has 1 aliphatic carbocycles. The van der Waals surface area contributed by atoms with E-state index >= 15 is 0 Å². The van der Waals surface area contributed by atoms with Crippen molar-refractivity contribution in [1.29, 1.82) is 0 Å². The minimum absolute atomic E-state index is 0.0912. The molecule has 1 N–H and O–H groups in total. The largest absolute Gasteiger partial charge is 0.377 e. The maximum Gasteiger partial charge on any atom is 0.158 e. The van der Waals surface area contributed by atoms with Crippen molar-refractivity contribution in [2.75, 3.05) is 13.2 Å². The van der Waals surface area contributed by atoms with E-state index in [1.807, 2.05) is 0 Å². The number of ether oxygens (including phenoxy) is 2. The number of rotatable bonds is 2.